The molecule has 0 radical (unpaired) electrons. The van der Waals surface area contributed by atoms with Crippen LogP contribution in [0.2, 0.25) is 0 Å². The van der Waals surface area contributed by atoms with Crippen LogP contribution in [-0.2, 0) is 0 Å². The first-order chi connectivity index (χ1) is 8.58. The number of nitrogens with zero attached hydrogens (tertiary/aromatic N) is 1. The molecule has 0 spiro atoms. The number of benzene rings is 1. The number of hydrogen-bond acceptors (Lipinski definition) is 2. The van der Waals surface area contributed by atoms with Crippen LogP contribution in [0.5, 0.6) is 0 Å². The number of anilines is 2. The molecule has 0 amide bonds. The van der Waals surface area contributed by atoms with Crippen molar-refractivity contribution in [2.75, 3.05) is 17.2 Å². The average molecular weight is 358 g/mol. The van der Waals surface area contributed by atoms with Crippen molar-refractivity contribution in [1.82, 2.24) is 0 Å². The van der Waals surface area contributed by atoms with Crippen LogP contribution in [0.1, 0.15) is 39.5 Å². The molecule has 0 bridgehead atoms. The fourth-order valence-electron chi connectivity index (χ4n) is 2.84. The number of halogens is 1. The van der Waals surface area contributed by atoms with Crippen LogP contribution in [0.15, 0.2) is 18.2 Å². The molecule has 2 nitrogen and oxygen atoms in total. The number of nitrogens with two attached hydrogens (primary N) is 1. The second kappa shape index (κ2) is 6.13. The van der Waals surface area contributed by atoms with Gasteiger partial charge < -0.3 is 10.6 Å². The molecule has 1 aliphatic rings. The highest BCUT2D eigenvalue weighted by Crippen LogP contribution is 2.33. The van der Waals surface area contributed by atoms with Gasteiger partial charge in [-0.25, -0.2) is 0 Å². The van der Waals surface area contributed by atoms with Crippen LogP contribution < -0.4 is 10.6 Å². The van der Waals surface area contributed by atoms with Crippen LogP contribution >= 0.6 is 22.6 Å². The maximum Gasteiger partial charge on any atom is 0.0603 e. The Balaban J connectivity index is 2.26. The first-order valence-corrected chi connectivity index (χ1v) is 7.97. The molecule has 1 aromatic rings. The van der Waals surface area contributed by atoms with E-state index in [2.05, 4.69) is 59.5 Å². The van der Waals surface area contributed by atoms with E-state index in [9.17, 15) is 0 Å². The summed E-state index contributed by atoms with van der Waals surface area (Å²) in [6, 6.07) is 7.12. The van der Waals surface area contributed by atoms with E-state index in [-0.39, 0.29) is 0 Å². The van der Waals surface area contributed by atoms with Crippen molar-refractivity contribution in [3.05, 3.63) is 21.8 Å². The molecule has 0 heterocycles. The van der Waals surface area contributed by atoms with E-state index < -0.39 is 0 Å². The molecule has 0 aromatic heterocycles. The van der Waals surface area contributed by atoms with Gasteiger partial charge in [-0.3, -0.25) is 0 Å². The summed E-state index contributed by atoms with van der Waals surface area (Å²) in [6.07, 6.45) is 5.36. The highest BCUT2D eigenvalue weighted by atomic mass is 127. The summed E-state index contributed by atoms with van der Waals surface area (Å²) in [5, 5.41) is 0. The average Bonchev–Trinajstić information content (AvgIpc) is 2.79. The van der Waals surface area contributed by atoms with Crippen molar-refractivity contribution >= 4 is 34.0 Å². The lowest BCUT2D eigenvalue weighted by molar-refractivity contribution is 0.536. The van der Waals surface area contributed by atoms with Crippen molar-refractivity contribution in [2.45, 2.75) is 45.6 Å². The maximum absolute atomic E-state index is 6.22. The Morgan fingerprint density at radius 2 is 2.00 bits per heavy atom. The fraction of sp³-hybridized carbons (Fsp3) is 0.600. The first-order valence-electron chi connectivity index (χ1n) is 6.89. The van der Waals surface area contributed by atoms with Gasteiger partial charge in [0.1, 0.15) is 0 Å². The zero-order valence-corrected chi connectivity index (χ0v) is 13.5. The van der Waals surface area contributed by atoms with E-state index in [0.29, 0.717) is 12.0 Å². The minimum Gasteiger partial charge on any atom is -0.397 e. The highest BCUT2D eigenvalue weighted by Gasteiger charge is 2.24. The molecule has 100 valence electrons. The molecule has 2 rings (SSSR count). The Kier molecular flexibility index (Phi) is 4.76. The van der Waals surface area contributed by atoms with E-state index in [1.807, 2.05) is 0 Å². The largest absolute Gasteiger partial charge is 0.397 e. The monoisotopic (exact) mass is 358 g/mol. The zero-order valence-electron chi connectivity index (χ0n) is 11.3. The summed E-state index contributed by atoms with van der Waals surface area (Å²) in [4.78, 5) is 2.54. The molecule has 0 saturated heterocycles. The van der Waals surface area contributed by atoms with Crippen molar-refractivity contribution in [1.29, 1.82) is 0 Å². The van der Waals surface area contributed by atoms with Crippen LogP contribution in [0, 0.1) is 9.49 Å². The van der Waals surface area contributed by atoms with Crippen LogP contribution in [0.4, 0.5) is 11.4 Å². The Morgan fingerprint density at radius 3 is 2.56 bits per heavy atom. The summed E-state index contributed by atoms with van der Waals surface area (Å²) in [5.74, 6) is 0.671. The lowest BCUT2D eigenvalue weighted by Crippen LogP contribution is -2.36. The van der Waals surface area contributed by atoms with E-state index >= 15 is 0 Å². The lowest BCUT2D eigenvalue weighted by Gasteiger charge is -2.33. The molecule has 18 heavy (non-hydrogen) atoms. The summed E-state index contributed by atoms with van der Waals surface area (Å²) in [7, 11) is 0. The zero-order chi connectivity index (χ0) is 13.1. The molecule has 0 aliphatic heterocycles. The van der Waals surface area contributed by atoms with Crippen molar-refractivity contribution in [3.63, 3.8) is 0 Å². The van der Waals surface area contributed by atoms with Gasteiger partial charge in [0.15, 0.2) is 0 Å². The molecular formula is C15H23IN2. The van der Waals surface area contributed by atoms with Crippen LogP contribution in [0.3, 0.4) is 0 Å². The molecular weight excluding hydrogens is 335 g/mol. The minimum atomic E-state index is 0.671. The third-order valence-corrected chi connectivity index (χ3v) is 4.30. The summed E-state index contributed by atoms with van der Waals surface area (Å²) >= 11 is 2.32. The van der Waals surface area contributed by atoms with Gasteiger partial charge in [-0.1, -0.05) is 26.7 Å². The SMILES string of the molecule is CC(C)CN(c1ccc(I)cc1N)C1CCCC1. The predicted molar refractivity (Wildman–Crippen MR) is 88.0 cm³/mol. The molecule has 0 atom stereocenters. The maximum atomic E-state index is 6.22. The number of rotatable bonds is 4. The fourth-order valence-corrected chi connectivity index (χ4v) is 3.36. The van der Waals surface area contributed by atoms with E-state index in [4.69, 9.17) is 5.73 Å². The Hall–Kier alpha value is -0.450. The standard InChI is InChI=1S/C15H23IN2/c1-11(2)10-18(13-5-3-4-6-13)15-8-7-12(16)9-14(15)17/h7-9,11,13H,3-6,10,17H2,1-2H3. The van der Waals surface area contributed by atoms with Gasteiger partial charge in [-0.15, -0.1) is 0 Å². The second-order valence-corrected chi connectivity index (χ2v) is 6.93. The summed E-state index contributed by atoms with van der Waals surface area (Å²) < 4.78 is 1.21. The highest BCUT2D eigenvalue weighted by molar-refractivity contribution is 14.1. The molecule has 1 fully saturated rings. The summed E-state index contributed by atoms with van der Waals surface area (Å²) in [5.41, 5.74) is 8.38. The first kappa shape index (κ1) is 14.0. The van der Waals surface area contributed by atoms with Gasteiger partial charge in [0, 0.05) is 16.2 Å². The molecule has 1 aliphatic carbocycles. The van der Waals surface area contributed by atoms with Gasteiger partial charge in [0.2, 0.25) is 0 Å². The van der Waals surface area contributed by atoms with Gasteiger partial charge in [-0.2, -0.15) is 0 Å². The molecule has 1 aromatic carbocycles. The van der Waals surface area contributed by atoms with E-state index in [1.165, 1.54) is 34.9 Å². The molecule has 1 saturated carbocycles. The lowest BCUT2D eigenvalue weighted by atomic mass is 10.1. The predicted octanol–water partition coefficient (Wildman–Crippen LogP) is 4.28. The van der Waals surface area contributed by atoms with Crippen molar-refractivity contribution in [2.24, 2.45) is 5.92 Å². The topological polar surface area (TPSA) is 29.3 Å². The normalized spacial score (nSPS) is 16.4. The molecule has 3 heteroatoms. The number of hydrogen-bond donors (Lipinski definition) is 1. The van der Waals surface area contributed by atoms with Gasteiger partial charge in [0.05, 0.1) is 11.4 Å². The molecule has 2 N–H and O–H groups in total. The van der Waals surface area contributed by atoms with Crippen molar-refractivity contribution < 1.29 is 0 Å². The van der Waals surface area contributed by atoms with Crippen LogP contribution in [0.25, 0.3) is 0 Å². The third kappa shape index (κ3) is 3.31. The van der Waals surface area contributed by atoms with E-state index in [1.54, 1.807) is 0 Å². The second-order valence-electron chi connectivity index (χ2n) is 5.69. The Bertz CT molecular complexity index is 397. The van der Waals surface area contributed by atoms with Crippen LogP contribution in [-0.4, -0.2) is 12.6 Å². The number of nitrogen functional groups attached to an aromatic ring is 1. The van der Waals surface area contributed by atoms with Gasteiger partial charge in [0.25, 0.3) is 0 Å². The third-order valence-electron chi connectivity index (χ3n) is 3.63. The smallest absolute Gasteiger partial charge is 0.0603 e. The quantitative estimate of drug-likeness (QED) is 0.643. The van der Waals surface area contributed by atoms with Gasteiger partial charge in [-0.05, 0) is 59.5 Å². The Morgan fingerprint density at radius 1 is 1.33 bits per heavy atom. The Labute approximate surface area is 124 Å². The molecule has 0 unspecified atom stereocenters. The van der Waals surface area contributed by atoms with Crippen molar-refractivity contribution in [3.8, 4) is 0 Å². The minimum absolute atomic E-state index is 0.671. The summed E-state index contributed by atoms with van der Waals surface area (Å²) in [6.45, 7) is 5.67. The van der Waals surface area contributed by atoms with E-state index in [0.717, 1.165) is 12.2 Å². The van der Waals surface area contributed by atoms with Gasteiger partial charge >= 0.3 is 0 Å².